The smallest absolute Gasteiger partial charge is 0.434 e. The molecule has 7 saturated heterocycles. The van der Waals surface area contributed by atoms with E-state index in [1.54, 1.807) is 86.6 Å². The Hall–Kier alpha value is -8.25. The Labute approximate surface area is 824 Å². The SMILES string of the molecule is CCC(C)(C)C(=O)OC1C(=O)OC2C3OC(C)(c4ccc(C(=O)OC[Si](C)(C)C)cc4)OC3OC12.CCC(C)(C)C(=O)OC1C(=O)OC2C3OC4(CCC(C(=O)OC(C(F)(F)F)C(F)(F)F)CC4)OC3OC12.CCC(C)(C)C(=O)OC1C2CC3C1OC(=O)C3(C(=O)OC(C)C(F)(F)F)C2.CCC(C)C(=O)OC(C)C(F)(F)F.CCC(C)c1ccc(C(C)(C)C)cc1.CCCCC(CC)COC(=O)C(C)(C)CC. The van der Waals surface area contributed by atoms with E-state index in [-0.39, 0.29) is 60.8 Å². The zero-order valence-corrected chi connectivity index (χ0v) is 87.4. The molecule has 10 fully saturated rings. The minimum atomic E-state index is -5.80. The van der Waals surface area contributed by atoms with Crippen LogP contribution in [0.15, 0.2) is 48.5 Å². The van der Waals surface area contributed by atoms with Crippen molar-refractivity contribution in [1.82, 2.24) is 0 Å². The number of rotatable bonds is 30. The largest absolute Gasteiger partial charge is 0.466 e. The number of alkyl halides is 12. The fourth-order valence-electron chi connectivity index (χ4n) is 16.4. The van der Waals surface area contributed by atoms with E-state index >= 15 is 0 Å². The molecule has 28 nitrogen and oxygen atoms in total. The van der Waals surface area contributed by atoms with Gasteiger partial charge in [-0.15, -0.1) is 0 Å². The Bertz CT molecular complexity index is 4620. The lowest BCUT2D eigenvalue weighted by Gasteiger charge is -2.36. The van der Waals surface area contributed by atoms with Crippen molar-refractivity contribution in [2.75, 3.05) is 12.8 Å². The predicted molar refractivity (Wildman–Crippen MR) is 488 cm³/mol. The molecule has 2 aromatic rings. The lowest BCUT2D eigenvalue weighted by molar-refractivity contribution is -0.315. The molecule has 41 heteroatoms. The molecule has 3 saturated carbocycles. The third kappa shape index (κ3) is 29.6. The van der Waals surface area contributed by atoms with Gasteiger partial charge < -0.3 is 80.5 Å². The summed E-state index contributed by atoms with van der Waals surface area (Å²) in [4.78, 5) is 134. The van der Waals surface area contributed by atoms with Crippen LogP contribution >= 0.6 is 0 Å². The molecule has 12 rings (SSSR count). The van der Waals surface area contributed by atoms with E-state index in [1.807, 2.05) is 34.6 Å². The van der Waals surface area contributed by atoms with Gasteiger partial charge in [-0.1, -0.05) is 165 Å². The Morgan fingerprint density at radius 2 is 0.965 bits per heavy atom. The van der Waals surface area contributed by atoms with E-state index in [1.165, 1.54) is 43.7 Å². The summed E-state index contributed by atoms with van der Waals surface area (Å²) >= 11 is 0. The van der Waals surface area contributed by atoms with Gasteiger partial charge >= 0.3 is 90.4 Å². The molecule has 21 unspecified atom stereocenters. The molecule has 806 valence electrons. The first-order chi connectivity index (χ1) is 65.3. The topological polar surface area (TPSA) is 345 Å². The lowest BCUT2D eigenvalue weighted by Crippen LogP contribution is -2.48. The van der Waals surface area contributed by atoms with Crippen molar-refractivity contribution in [1.29, 1.82) is 0 Å². The number of carbonyl (C=O) groups excluding carboxylic acids is 11. The first kappa shape index (κ1) is 121. The van der Waals surface area contributed by atoms with Crippen molar-refractivity contribution >= 4 is 73.7 Å². The van der Waals surface area contributed by atoms with Gasteiger partial charge in [0.05, 0.1) is 60.0 Å². The van der Waals surface area contributed by atoms with Crippen molar-refractivity contribution < 1.29 is 186 Å². The van der Waals surface area contributed by atoms with Gasteiger partial charge in [-0.05, 0) is 187 Å². The molecule has 7 aliphatic heterocycles. The average molecular weight is 2060 g/mol. The second-order valence-electron chi connectivity index (χ2n) is 43.2. The maximum Gasteiger partial charge on any atom is 0.434 e. The number of esters is 11. The van der Waals surface area contributed by atoms with E-state index in [2.05, 4.69) is 107 Å². The number of hydrogen-bond acceptors (Lipinski definition) is 28. The molecule has 2 aromatic carbocycles. The van der Waals surface area contributed by atoms with Gasteiger partial charge in [-0.25, -0.2) is 14.4 Å². The Kier molecular flexibility index (Phi) is 40.2. The van der Waals surface area contributed by atoms with Gasteiger partial charge in [0.1, 0.15) is 24.4 Å². The number of halogens is 12. The van der Waals surface area contributed by atoms with Gasteiger partial charge in [0.15, 0.2) is 66.2 Å². The number of ether oxygens (including phenoxy) is 17. The second-order valence-corrected chi connectivity index (χ2v) is 48.6. The summed E-state index contributed by atoms with van der Waals surface area (Å²) in [5.74, 6) is -11.9. The van der Waals surface area contributed by atoms with Gasteiger partial charge in [0.2, 0.25) is 12.2 Å². The molecule has 3 aliphatic carbocycles. The summed E-state index contributed by atoms with van der Waals surface area (Å²) in [6.07, 6.45) is -31.0. The number of carbonyl (C=O) groups is 11. The van der Waals surface area contributed by atoms with Crippen LogP contribution < -0.4 is 0 Å². The molecule has 142 heavy (non-hydrogen) atoms. The lowest BCUT2D eigenvalue weighted by atomic mass is 9.73. The first-order valence-corrected chi connectivity index (χ1v) is 52.7. The minimum Gasteiger partial charge on any atom is -0.466 e. The average Bonchev–Trinajstić information content (AvgIpc) is 1.53. The highest BCUT2D eigenvalue weighted by Gasteiger charge is 2.77. The number of hydrogen-bond donors (Lipinski definition) is 0. The zero-order valence-electron chi connectivity index (χ0n) is 86.4. The molecule has 0 radical (unpaired) electrons. The molecule has 1 spiro atoms. The van der Waals surface area contributed by atoms with Crippen LogP contribution in [-0.4, -0.2) is 209 Å². The molecule has 10 aliphatic rings. The van der Waals surface area contributed by atoms with Gasteiger partial charge in [0.25, 0.3) is 6.10 Å². The molecular formula is C101H146F12O28Si. The maximum absolute atomic E-state index is 12.7. The van der Waals surface area contributed by atoms with Crippen LogP contribution in [0, 0.1) is 56.7 Å². The highest BCUT2D eigenvalue weighted by molar-refractivity contribution is 6.76. The van der Waals surface area contributed by atoms with Crippen LogP contribution in [0.25, 0.3) is 0 Å². The summed E-state index contributed by atoms with van der Waals surface area (Å²) in [6.45, 7) is 50.9. The highest BCUT2D eigenvalue weighted by atomic mass is 28.3. The van der Waals surface area contributed by atoms with Crippen LogP contribution in [0.2, 0.25) is 19.6 Å². The Balaban J connectivity index is 0.000000242. The van der Waals surface area contributed by atoms with Crippen LogP contribution in [-0.2, 0) is 140 Å². The Morgan fingerprint density at radius 1 is 0.500 bits per heavy atom. The van der Waals surface area contributed by atoms with Crippen LogP contribution in [0.4, 0.5) is 52.7 Å². The van der Waals surface area contributed by atoms with Crippen molar-refractivity contribution in [2.24, 2.45) is 56.7 Å². The van der Waals surface area contributed by atoms with E-state index in [9.17, 15) is 105 Å². The molecule has 7 heterocycles. The number of unbranched alkanes of at least 4 members (excludes halogenated alkanes) is 1. The molecule has 0 amide bonds. The van der Waals surface area contributed by atoms with Crippen molar-refractivity contribution in [3.8, 4) is 0 Å². The maximum atomic E-state index is 12.7. The standard InChI is InChI=1S/C25H34O9Si.C22H26F6O9.C18H23F3O6.C14H28O2.C14H22.C8H13F3O2/c1-8-24(2,3)23(28)32-18-16-17(30-21(18)27)19-22(31-16)34-25(4,33-19)15-11-9-14(10-12-15)20(26)29-13-35(5,6)7;1-4-19(2,3)18(31)34-12-10-11(32-15(12)30)13-16(33-10)37-20(36-13)7-5-9(6-8-20)14(29)35-17(21(23,24)25)22(26,27)28;1-5-16(3,4)13(22)26-11-9-6-10-12(11)27-15(24)17(10,7-9)14(23)25-8(2)18(19,20)21;1-6-9-10-12(7-2)11-16-13(15)14(4,5)8-3;1-6-11(2)12-7-9-13(10-8-12)14(3,4)5;1-4-5(2)7(12)13-6(3)8(9,10)11/h9-12,16-19,22H,8,13H2,1-7H3;9-13,16-17H,4-8H2,1-3H3;8-12H,5-7H2,1-4H3;12H,6-11H2,1-5H3;7-11H,6H2,1-5H3;5-6H,4H2,1-3H3. The van der Waals surface area contributed by atoms with Crippen molar-refractivity contribution in [2.45, 2.75) is 428 Å². The Morgan fingerprint density at radius 3 is 1.40 bits per heavy atom. The van der Waals surface area contributed by atoms with E-state index in [0.29, 0.717) is 67.9 Å². The van der Waals surface area contributed by atoms with Crippen LogP contribution in [0.3, 0.4) is 0 Å². The molecule has 21 atom stereocenters. The van der Waals surface area contributed by atoms with Crippen LogP contribution in [0.5, 0.6) is 0 Å². The first-order valence-electron chi connectivity index (χ1n) is 49.0. The molecule has 0 aromatic heterocycles. The van der Waals surface area contributed by atoms with Crippen molar-refractivity contribution in [3.63, 3.8) is 0 Å². The molecule has 0 N–H and O–H groups in total. The highest BCUT2D eigenvalue weighted by Crippen LogP contribution is 2.64. The normalized spacial score (nSPS) is 28.5. The van der Waals surface area contributed by atoms with E-state index in [0.717, 1.165) is 26.7 Å². The second kappa shape index (κ2) is 47.3. The van der Waals surface area contributed by atoms with Crippen molar-refractivity contribution in [3.05, 3.63) is 70.8 Å². The summed E-state index contributed by atoms with van der Waals surface area (Å²) in [6, 6.07) is 15.9. The van der Waals surface area contributed by atoms with Gasteiger partial charge in [-0.3, -0.25) is 38.4 Å². The monoisotopic (exact) mass is 2060 g/mol. The molecular weight excluding hydrogens is 1920 g/mol. The quantitative estimate of drug-likeness (QED) is 0.0230. The summed E-state index contributed by atoms with van der Waals surface area (Å²) in [7, 11) is -1.51. The fraction of sp³-hybridized carbons (Fsp3) is 0.772. The minimum absolute atomic E-state index is 0.0269. The zero-order chi connectivity index (χ0) is 108. The summed E-state index contributed by atoms with van der Waals surface area (Å²) < 4.78 is 242. The van der Waals surface area contributed by atoms with E-state index < -0.39 is 229 Å². The molecule has 2 bridgehead atoms. The summed E-state index contributed by atoms with van der Waals surface area (Å²) in [5, 5.41) is 0. The van der Waals surface area contributed by atoms with E-state index in [4.69, 9.17) is 66.3 Å². The van der Waals surface area contributed by atoms with Gasteiger partial charge in [0, 0.05) is 30.2 Å². The van der Waals surface area contributed by atoms with Gasteiger partial charge in [-0.2, -0.15) is 52.7 Å². The fourth-order valence-corrected chi connectivity index (χ4v) is 17.0. The number of benzene rings is 2. The van der Waals surface area contributed by atoms with Crippen LogP contribution in [0.1, 0.15) is 302 Å². The third-order valence-corrected chi connectivity index (χ3v) is 29.4. The predicted octanol–water partition coefficient (Wildman–Crippen LogP) is 20.6. The summed E-state index contributed by atoms with van der Waals surface area (Å²) in [5.41, 5.74) is -0.0712. The third-order valence-electron chi connectivity index (χ3n) is 28.4. The number of fused-ring (bicyclic) bond motifs is 7.